The van der Waals surface area contributed by atoms with E-state index in [1.807, 2.05) is 6.92 Å². The minimum atomic E-state index is 0.190. The van der Waals surface area contributed by atoms with Crippen LogP contribution >= 0.6 is 0 Å². The van der Waals surface area contributed by atoms with E-state index in [9.17, 15) is 0 Å². The Kier molecular flexibility index (Phi) is 3.50. The molecule has 96 valence electrons. The molecular formula is C17H23N. The Balaban J connectivity index is 2.58. The molecule has 0 saturated carbocycles. The highest BCUT2D eigenvalue weighted by atomic mass is 15.1. The van der Waals surface area contributed by atoms with Crippen molar-refractivity contribution >= 4 is 0 Å². The quantitative estimate of drug-likeness (QED) is 0.630. The fourth-order valence-electron chi connectivity index (χ4n) is 2.52. The van der Waals surface area contributed by atoms with Crippen molar-refractivity contribution < 1.29 is 0 Å². The lowest BCUT2D eigenvalue weighted by Crippen LogP contribution is -2.28. The lowest BCUT2D eigenvalue weighted by molar-refractivity contribution is 0.312. The van der Waals surface area contributed by atoms with Crippen molar-refractivity contribution in [3.63, 3.8) is 0 Å². The van der Waals surface area contributed by atoms with Crippen molar-refractivity contribution in [1.29, 1.82) is 0 Å². The van der Waals surface area contributed by atoms with Crippen molar-refractivity contribution in [2.75, 3.05) is 13.6 Å². The van der Waals surface area contributed by atoms with Crippen LogP contribution in [0.15, 0.2) is 12.1 Å². The minimum Gasteiger partial charge on any atom is -0.302 e. The van der Waals surface area contributed by atoms with Gasteiger partial charge in [0.2, 0.25) is 0 Å². The zero-order valence-corrected chi connectivity index (χ0v) is 12.2. The molecule has 0 atom stereocenters. The number of benzene rings is 1. The van der Waals surface area contributed by atoms with Crippen LogP contribution in [0.2, 0.25) is 0 Å². The molecular weight excluding hydrogens is 218 g/mol. The molecule has 0 aliphatic carbocycles. The van der Waals surface area contributed by atoms with E-state index in [2.05, 4.69) is 56.7 Å². The molecule has 0 radical (unpaired) electrons. The molecule has 0 fully saturated rings. The molecule has 1 heteroatoms. The number of hydrogen-bond acceptors (Lipinski definition) is 1. The smallest absolute Gasteiger partial charge is 0.0283 e. The van der Waals surface area contributed by atoms with Gasteiger partial charge in [0.05, 0.1) is 0 Å². The first-order valence-corrected chi connectivity index (χ1v) is 6.69. The first-order chi connectivity index (χ1) is 8.41. The second-order valence-corrected chi connectivity index (χ2v) is 6.27. The highest BCUT2D eigenvalue weighted by Gasteiger charge is 2.21. The molecule has 0 spiro atoms. The summed E-state index contributed by atoms with van der Waals surface area (Å²) in [5, 5.41) is 0. The number of hydrogen-bond donors (Lipinski definition) is 0. The maximum Gasteiger partial charge on any atom is 0.0283 e. The Hall–Kier alpha value is -1.26. The molecule has 0 unspecified atom stereocenters. The molecule has 0 N–H and O–H groups in total. The van der Waals surface area contributed by atoms with Gasteiger partial charge in [0, 0.05) is 18.7 Å². The van der Waals surface area contributed by atoms with E-state index < -0.39 is 0 Å². The summed E-state index contributed by atoms with van der Waals surface area (Å²) < 4.78 is 0. The number of likely N-dealkylation sites (N-methyl/N-ethyl adjacent to an activating group) is 1. The third-order valence-corrected chi connectivity index (χ3v) is 3.65. The second-order valence-electron chi connectivity index (χ2n) is 6.27. The standard InChI is InChI=1S/C17H23N/c1-6-7-13-10-15(17(2,3)4)11-14-12-18(5)9-8-16(13)14/h10-11H,8-9,12H2,1-5H3. The average molecular weight is 241 g/mol. The summed E-state index contributed by atoms with van der Waals surface area (Å²) in [5.74, 6) is 6.35. The second kappa shape index (κ2) is 4.78. The van der Waals surface area contributed by atoms with Crippen molar-refractivity contribution in [2.24, 2.45) is 0 Å². The number of nitrogens with zero attached hydrogens (tertiary/aromatic N) is 1. The van der Waals surface area contributed by atoms with Crippen LogP contribution in [0, 0.1) is 11.8 Å². The third kappa shape index (κ3) is 2.60. The fraction of sp³-hybridized carbons (Fsp3) is 0.529. The average Bonchev–Trinajstić information content (AvgIpc) is 2.27. The maximum atomic E-state index is 3.29. The summed E-state index contributed by atoms with van der Waals surface area (Å²) in [6, 6.07) is 4.67. The highest BCUT2D eigenvalue weighted by Crippen LogP contribution is 2.29. The van der Waals surface area contributed by atoms with Gasteiger partial charge in [0.1, 0.15) is 0 Å². The Morgan fingerprint density at radius 3 is 2.56 bits per heavy atom. The van der Waals surface area contributed by atoms with Crippen molar-refractivity contribution in [3.8, 4) is 11.8 Å². The maximum absolute atomic E-state index is 3.29. The summed E-state index contributed by atoms with van der Waals surface area (Å²) in [6.07, 6.45) is 1.13. The fourth-order valence-corrected chi connectivity index (χ4v) is 2.52. The number of rotatable bonds is 0. The normalized spacial score (nSPS) is 15.8. The van der Waals surface area contributed by atoms with Crippen LogP contribution in [-0.2, 0) is 18.4 Å². The predicted molar refractivity (Wildman–Crippen MR) is 77.7 cm³/mol. The predicted octanol–water partition coefficient (Wildman–Crippen LogP) is 3.34. The molecule has 1 aromatic carbocycles. The van der Waals surface area contributed by atoms with E-state index in [0.29, 0.717) is 0 Å². The Bertz CT molecular complexity index is 509. The summed E-state index contributed by atoms with van der Waals surface area (Å²) in [4.78, 5) is 2.39. The zero-order chi connectivity index (χ0) is 13.3. The third-order valence-electron chi connectivity index (χ3n) is 3.65. The van der Waals surface area contributed by atoms with E-state index in [4.69, 9.17) is 0 Å². The summed E-state index contributed by atoms with van der Waals surface area (Å²) in [7, 11) is 2.19. The Labute approximate surface area is 111 Å². The molecule has 0 amide bonds. The van der Waals surface area contributed by atoms with Gasteiger partial charge in [-0.25, -0.2) is 0 Å². The van der Waals surface area contributed by atoms with Gasteiger partial charge in [-0.3, -0.25) is 0 Å². The minimum absolute atomic E-state index is 0.190. The summed E-state index contributed by atoms with van der Waals surface area (Å²) in [6.45, 7) is 10.9. The molecule has 1 nitrogen and oxygen atoms in total. The molecule has 2 rings (SSSR count). The molecule has 0 saturated heterocycles. The van der Waals surface area contributed by atoms with Gasteiger partial charge in [-0.2, -0.15) is 0 Å². The van der Waals surface area contributed by atoms with Crippen LogP contribution in [0.3, 0.4) is 0 Å². The molecule has 1 aromatic rings. The lowest BCUT2D eigenvalue weighted by atomic mass is 9.82. The van der Waals surface area contributed by atoms with Gasteiger partial charge < -0.3 is 4.90 Å². The van der Waals surface area contributed by atoms with Gasteiger partial charge in [0.25, 0.3) is 0 Å². The highest BCUT2D eigenvalue weighted by molar-refractivity contribution is 5.50. The van der Waals surface area contributed by atoms with Crippen molar-refractivity contribution in [1.82, 2.24) is 4.90 Å². The molecule has 1 aliphatic rings. The lowest BCUT2D eigenvalue weighted by Gasteiger charge is -2.29. The van der Waals surface area contributed by atoms with Crippen LogP contribution in [0.25, 0.3) is 0 Å². The zero-order valence-electron chi connectivity index (χ0n) is 12.2. The molecule has 1 aliphatic heterocycles. The SMILES string of the molecule is CC#Cc1cc(C(C)(C)C)cc2c1CCN(C)C2. The summed E-state index contributed by atoms with van der Waals surface area (Å²) in [5.41, 5.74) is 5.77. The van der Waals surface area contributed by atoms with Gasteiger partial charge in [-0.05, 0) is 48.6 Å². The molecule has 0 bridgehead atoms. The molecule has 0 aromatic heterocycles. The van der Waals surface area contributed by atoms with Crippen LogP contribution < -0.4 is 0 Å². The largest absolute Gasteiger partial charge is 0.302 e. The molecule has 18 heavy (non-hydrogen) atoms. The Morgan fingerprint density at radius 1 is 1.22 bits per heavy atom. The molecule has 1 heterocycles. The Morgan fingerprint density at radius 2 is 1.94 bits per heavy atom. The van der Waals surface area contributed by atoms with E-state index >= 15 is 0 Å². The van der Waals surface area contributed by atoms with E-state index in [-0.39, 0.29) is 5.41 Å². The van der Waals surface area contributed by atoms with E-state index in [1.165, 1.54) is 22.3 Å². The van der Waals surface area contributed by atoms with Gasteiger partial charge >= 0.3 is 0 Å². The summed E-state index contributed by atoms with van der Waals surface area (Å²) >= 11 is 0. The van der Waals surface area contributed by atoms with Gasteiger partial charge in [-0.1, -0.05) is 32.8 Å². The van der Waals surface area contributed by atoms with Crippen LogP contribution in [-0.4, -0.2) is 18.5 Å². The van der Waals surface area contributed by atoms with Crippen LogP contribution in [0.5, 0.6) is 0 Å². The van der Waals surface area contributed by atoms with Gasteiger partial charge in [-0.15, -0.1) is 5.92 Å². The first-order valence-electron chi connectivity index (χ1n) is 6.69. The monoisotopic (exact) mass is 241 g/mol. The van der Waals surface area contributed by atoms with Crippen molar-refractivity contribution in [3.05, 3.63) is 34.4 Å². The number of fused-ring (bicyclic) bond motifs is 1. The van der Waals surface area contributed by atoms with Crippen LogP contribution in [0.4, 0.5) is 0 Å². The van der Waals surface area contributed by atoms with E-state index in [1.54, 1.807) is 0 Å². The topological polar surface area (TPSA) is 3.24 Å². The van der Waals surface area contributed by atoms with E-state index in [0.717, 1.165) is 19.5 Å². The first kappa shape index (κ1) is 13.2. The van der Waals surface area contributed by atoms with Crippen LogP contribution in [0.1, 0.15) is 49.9 Å². The van der Waals surface area contributed by atoms with Crippen molar-refractivity contribution in [2.45, 2.75) is 46.1 Å². The van der Waals surface area contributed by atoms with Gasteiger partial charge in [0.15, 0.2) is 0 Å².